The maximum Gasteiger partial charge on any atom is 0.336 e. The highest BCUT2D eigenvalue weighted by Gasteiger charge is 2.29. The molecule has 0 saturated heterocycles. The third-order valence-electron chi connectivity index (χ3n) is 2.83. The van der Waals surface area contributed by atoms with E-state index >= 15 is 0 Å². The minimum Gasteiger partial charge on any atom is -0.480 e. The zero-order valence-corrected chi connectivity index (χ0v) is 10.2. The van der Waals surface area contributed by atoms with Crippen LogP contribution in [0.1, 0.15) is 5.56 Å². The van der Waals surface area contributed by atoms with Crippen molar-refractivity contribution in [3.05, 3.63) is 29.8 Å². The van der Waals surface area contributed by atoms with E-state index in [0.717, 1.165) is 11.3 Å². The van der Waals surface area contributed by atoms with Crippen molar-refractivity contribution in [3.8, 4) is 11.8 Å². The molecule has 0 spiro atoms. The molecule has 0 radical (unpaired) electrons. The second-order valence-corrected chi connectivity index (χ2v) is 4.08. The lowest BCUT2D eigenvalue weighted by Crippen LogP contribution is -2.31. The van der Waals surface area contributed by atoms with Crippen LogP contribution in [0.3, 0.4) is 0 Å². The number of rotatable bonds is 3. The van der Waals surface area contributed by atoms with Gasteiger partial charge in [-0.05, 0) is 11.6 Å². The fourth-order valence-corrected chi connectivity index (χ4v) is 1.92. The van der Waals surface area contributed by atoms with Gasteiger partial charge in [0, 0.05) is 6.42 Å². The lowest BCUT2D eigenvalue weighted by molar-refractivity contribution is -0.122. The van der Waals surface area contributed by atoms with Crippen LogP contribution >= 0.6 is 0 Å². The summed E-state index contributed by atoms with van der Waals surface area (Å²) in [7, 11) is 1.45. The second kappa shape index (κ2) is 4.60. The Balaban J connectivity index is 1.66. The highest BCUT2D eigenvalue weighted by atomic mass is 16.5. The van der Waals surface area contributed by atoms with Crippen molar-refractivity contribution in [2.75, 3.05) is 12.4 Å². The van der Waals surface area contributed by atoms with Crippen LogP contribution in [0.2, 0.25) is 0 Å². The molecule has 1 aromatic carbocycles. The van der Waals surface area contributed by atoms with E-state index in [1.807, 2.05) is 24.3 Å². The molecule has 0 saturated carbocycles. The zero-order chi connectivity index (χ0) is 13.2. The van der Waals surface area contributed by atoms with Gasteiger partial charge in [0.1, 0.15) is 5.75 Å². The molecule has 19 heavy (non-hydrogen) atoms. The Morgan fingerprint density at radius 3 is 3.11 bits per heavy atom. The quantitative estimate of drug-likeness (QED) is 0.850. The van der Waals surface area contributed by atoms with E-state index in [4.69, 9.17) is 9.47 Å². The van der Waals surface area contributed by atoms with Gasteiger partial charge in [-0.2, -0.15) is 4.98 Å². The van der Waals surface area contributed by atoms with Crippen molar-refractivity contribution in [1.82, 2.24) is 15.2 Å². The molecule has 2 aromatic rings. The summed E-state index contributed by atoms with van der Waals surface area (Å²) in [6.07, 6.45) is 0.00120. The number of fused-ring (bicyclic) bond motifs is 1. The smallest absolute Gasteiger partial charge is 0.336 e. The van der Waals surface area contributed by atoms with Gasteiger partial charge in [0.15, 0.2) is 6.10 Å². The van der Waals surface area contributed by atoms with Gasteiger partial charge in [0.2, 0.25) is 5.95 Å². The van der Waals surface area contributed by atoms with Gasteiger partial charge < -0.3 is 9.47 Å². The summed E-state index contributed by atoms with van der Waals surface area (Å²) in [4.78, 5) is 15.9. The highest BCUT2D eigenvalue weighted by Crippen LogP contribution is 2.28. The number of anilines is 1. The predicted octanol–water partition coefficient (Wildman–Crippen LogP) is 0.755. The van der Waals surface area contributed by atoms with Crippen molar-refractivity contribution in [3.63, 3.8) is 0 Å². The largest absolute Gasteiger partial charge is 0.480 e. The Morgan fingerprint density at radius 1 is 1.53 bits per heavy atom. The average molecular weight is 260 g/mol. The van der Waals surface area contributed by atoms with Crippen LogP contribution < -0.4 is 14.8 Å². The van der Waals surface area contributed by atoms with Crippen molar-refractivity contribution < 1.29 is 14.3 Å². The average Bonchev–Trinajstić information content (AvgIpc) is 3.04. The molecule has 1 aliphatic heterocycles. The fourth-order valence-electron chi connectivity index (χ4n) is 1.92. The highest BCUT2D eigenvalue weighted by molar-refractivity contribution is 5.93. The number of benzene rings is 1. The summed E-state index contributed by atoms with van der Waals surface area (Å²) in [5.74, 6) is 0.717. The van der Waals surface area contributed by atoms with E-state index in [0.29, 0.717) is 6.42 Å². The van der Waals surface area contributed by atoms with Crippen LogP contribution in [0.4, 0.5) is 5.95 Å². The number of aromatic nitrogens is 3. The monoisotopic (exact) mass is 260 g/mol. The van der Waals surface area contributed by atoms with Gasteiger partial charge in [-0.15, -0.1) is 5.10 Å². The number of amides is 1. The summed E-state index contributed by atoms with van der Waals surface area (Å²) >= 11 is 0. The molecular weight excluding hydrogens is 248 g/mol. The molecule has 1 atom stereocenters. The van der Waals surface area contributed by atoms with Crippen molar-refractivity contribution >= 4 is 11.9 Å². The number of hydrogen-bond acceptors (Lipinski definition) is 5. The number of aromatic amines is 1. The summed E-state index contributed by atoms with van der Waals surface area (Å²) in [5.41, 5.74) is 1.03. The van der Waals surface area contributed by atoms with Crippen LogP contribution in [-0.4, -0.2) is 34.3 Å². The topological polar surface area (TPSA) is 89.1 Å². The van der Waals surface area contributed by atoms with Crippen LogP contribution in [0, 0.1) is 0 Å². The molecule has 98 valence electrons. The minimum atomic E-state index is -0.548. The summed E-state index contributed by atoms with van der Waals surface area (Å²) in [5, 5.41) is 8.90. The van der Waals surface area contributed by atoms with E-state index in [9.17, 15) is 4.79 Å². The van der Waals surface area contributed by atoms with Crippen LogP contribution in [-0.2, 0) is 11.2 Å². The van der Waals surface area contributed by atoms with E-state index in [1.165, 1.54) is 7.11 Å². The third-order valence-corrected chi connectivity index (χ3v) is 2.83. The number of hydrogen-bond donors (Lipinski definition) is 2. The molecule has 1 aliphatic rings. The number of ether oxygens (including phenoxy) is 2. The SMILES string of the molecule is COc1n[nH]c(NC(=O)C2Cc3ccccc3O2)n1. The molecule has 0 aliphatic carbocycles. The number of carbonyl (C=O) groups excluding carboxylic acids is 1. The molecule has 2 N–H and O–H groups in total. The normalized spacial score (nSPS) is 16.6. The molecule has 1 aromatic heterocycles. The predicted molar refractivity (Wildman–Crippen MR) is 66.1 cm³/mol. The first kappa shape index (κ1) is 11.5. The third kappa shape index (κ3) is 2.22. The lowest BCUT2D eigenvalue weighted by atomic mass is 10.1. The molecule has 3 rings (SSSR count). The van der Waals surface area contributed by atoms with E-state index in [1.54, 1.807) is 0 Å². The molecule has 0 bridgehead atoms. The summed E-state index contributed by atoms with van der Waals surface area (Å²) in [6.45, 7) is 0. The number of carbonyl (C=O) groups is 1. The van der Waals surface area contributed by atoms with Gasteiger partial charge in [0.25, 0.3) is 5.91 Å². The Labute approximate surface area is 108 Å². The van der Waals surface area contributed by atoms with Gasteiger partial charge in [0.05, 0.1) is 7.11 Å². The van der Waals surface area contributed by atoms with Gasteiger partial charge in [-0.3, -0.25) is 10.1 Å². The standard InChI is InChI=1S/C12H12N4O3/c1-18-12-14-11(15-16-12)13-10(17)9-6-7-4-2-3-5-8(7)19-9/h2-5,9H,6H2,1H3,(H2,13,14,15,16,17). The Hall–Kier alpha value is -2.57. The minimum absolute atomic E-state index is 0.172. The number of nitrogens with zero attached hydrogens (tertiary/aromatic N) is 2. The Morgan fingerprint density at radius 2 is 2.37 bits per heavy atom. The van der Waals surface area contributed by atoms with Gasteiger partial charge >= 0.3 is 6.01 Å². The number of para-hydroxylation sites is 1. The van der Waals surface area contributed by atoms with Crippen molar-refractivity contribution in [2.24, 2.45) is 0 Å². The molecular formula is C12H12N4O3. The van der Waals surface area contributed by atoms with E-state index in [-0.39, 0.29) is 17.9 Å². The second-order valence-electron chi connectivity index (χ2n) is 4.08. The van der Waals surface area contributed by atoms with Crippen molar-refractivity contribution in [2.45, 2.75) is 12.5 Å². The molecule has 0 fully saturated rings. The van der Waals surface area contributed by atoms with Gasteiger partial charge in [-0.1, -0.05) is 18.2 Å². The molecule has 2 heterocycles. The first-order valence-corrected chi connectivity index (χ1v) is 5.78. The number of nitrogens with one attached hydrogen (secondary N) is 2. The Kier molecular flexibility index (Phi) is 2.79. The van der Waals surface area contributed by atoms with Gasteiger partial charge in [-0.25, -0.2) is 5.10 Å². The lowest BCUT2D eigenvalue weighted by Gasteiger charge is -2.08. The molecule has 7 heteroatoms. The van der Waals surface area contributed by atoms with Crippen LogP contribution in [0.15, 0.2) is 24.3 Å². The van der Waals surface area contributed by atoms with Crippen LogP contribution in [0.25, 0.3) is 0 Å². The maximum atomic E-state index is 12.0. The van der Waals surface area contributed by atoms with E-state index in [2.05, 4.69) is 20.5 Å². The number of methoxy groups -OCH3 is 1. The summed E-state index contributed by atoms with van der Waals surface area (Å²) in [6, 6.07) is 7.76. The summed E-state index contributed by atoms with van der Waals surface area (Å²) < 4.78 is 10.4. The van der Waals surface area contributed by atoms with Crippen LogP contribution in [0.5, 0.6) is 11.8 Å². The number of H-pyrrole nitrogens is 1. The zero-order valence-electron chi connectivity index (χ0n) is 10.2. The fraction of sp³-hybridized carbons (Fsp3) is 0.250. The molecule has 7 nitrogen and oxygen atoms in total. The first-order chi connectivity index (χ1) is 9.26. The van der Waals surface area contributed by atoms with Crippen molar-refractivity contribution in [1.29, 1.82) is 0 Å². The maximum absolute atomic E-state index is 12.0. The molecule has 1 unspecified atom stereocenters. The first-order valence-electron chi connectivity index (χ1n) is 5.78. The Bertz CT molecular complexity index is 586. The van der Waals surface area contributed by atoms with E-state index < -0.39 is 6.10 Å². The molecule has 1 amide bonds.